The smallest absolute Gasteiger partial charge is 0.344 e. The Kier molecular flexibility index (Phi) is 4.67. The number of hydrogen-bond acceptors (Lipinski definition) is 5. The van der Waals surface area contributed by atoms with Gasteiger partial charge in [0.2, 0.25) is 0 Å². The van der Waals surface area contributed by atoms with Crippen molar-refractivity contribution in [2.45, 2.75) is 32.8 Å². The van der Waals surface area contributed by atoms with E-state index in [1.807, 2.05) is 37.3 Å². The highest BCUT2D eigenvalue weighted by atomic mass is 16.6. The molecule has 4 rings (SSSR count). The van der Waals surface area contributed by atoms with E-state index in [-0.39, 0.29) is 13.2 Å². The summed E-state index contributed by atoms with van der Waals surface area (Å²) >= 11 is 0. The topological polar surface area (TPSA) is 65.7 Å². The molecule has 5 nitrogen and oxygen atoms in total. The first-order valence-corrected chi connectivity index (χ1v) is 9.03. The Morgan fingerprint density at radius 1 is 1.11 bits per heavy atom. The van der Waals surface area contributed by atoms with Gasteiger partial charge in [0.05, 0.1) is 0 Å². The summed E-state index contributed by atoms with van der Waals surface area (Å²) in [4.78, 5) is 23.9. The SMILES string of the molecule is Cc1ccccc1OCC(=O)OCc1cc(=O)oc2cc3c(cc12)CCC3. The Morgan fingerprint density at radius 2 is 1.89 bits per heavy atom. The maximum absolute atomic E-state index is 12.1. The second-order valence-corrected chi connectivity index (χ2v) is 6.78. The number of hydrogen-bond donors (Lipinski definition) is 0. The van der Waals surface area contributed by atoms with Crippen molar-refractivity contribution in [1.82, 2.24) is 0 Å². The molecule has 0 spiro atoms. The third-order valence-electron chi connectivity index (χ3n) is 4.87. The minimum atomic E-state index is -0.485. The van der Waals surface area contributed by atoms with Crippen LogP contribution >= 0.6 is 0 Å². The number of aryl methyl sites for hydroxylation is 3. The minimum absolute atomic E-state index is 0.0108. The first-order chi connectivity index (χ1) is 13.1. The summed E-state index contributed by atoms with van der Waals surface area (Å²) in [6.45, 7) is 1.74. The van der Waals surface area contributed by atoms with Crippen LogP contribution in [-0.2, 0) is 29.0 Å². The maximum Gasteiger partial charge on any atom is 0.344 e. The summed E-state index contributed by atoms with van der Waals surface area (Å²) in [7, 11) is 0. The number of carbonyl (C=O) groups excluding carboxylic acids is 1. The van der Waals surface area contributed by atoms with Gasteiger partial charge in [-0.25, -0.2) is 9.59 Å². The van der Waals surface area contributed by atoms with Crippen LogP contribution in [0.15, 0.2) is 51.7 Å². The Labute approximate surface area is 156 Å². The predicted molar refractivity (Wildman–Crippen MR) is 101 cm³/mol. The lowest BCUT2D eigenvalue weighted by Crippen LogP contribution is -2.15. The van der Waals surface area contributed by atoms with Gasteiger partial charge in [0.25, 0.3) is 0 Å². The fourth-order valence-electron chi connectivity index (χ4n) is 3.47. The molecule has 3 aromatic rings. The van der Waals surface area contributed by atoms with Gasteiger partial charge < -0.3 is 13.9 Å². The summed E-state index contributed by atoms with van der Waals surface area (Å²) < 4.78 is 16.2. The molecule has 0 saturated carbocycles. The molecule has 5 heteroatoms. The molecule has 0 bridgehead atoms. The summed E-state index contributed by atoms with van der Waals surface area (Å²) in [6.07, 6.45) is 3.13. The number of ether oxygens (including phenoxy) is 2. The third kappa shape index (κ3) is 3.72. The van der Waals surface area contributed by atoms with Crippen molar-refractivity contribution in [2.75, 3.05) is 6.61 Å². The molecule has 1 aromatic heterocycles. The van der Waals surface area contributed by atoms with Crippen molar-refractivity contribution < 1.29 is 18.7 Å². The van der Waals surface area contributed by atoms with Crippen LogP contribution in [0.5, 0.6) is 5.75 Å². The lowest BCUT2D eigenvalue weighted by Gasteiger charge is -2.10. The highest BCUT2D eigenvalue weighted by Gasteiger charge is 2.16. The molecule has 2 aromatic carbocycles. The molecule has 0 atom stereocenters. The van der Waals surface area contributed by atoms with Crippen LogP contribution in [0.2, 0.25) is 0 Å². The highest BCUT2D eigenvalue weighted by Crippen LogP contribution is 2.28. The van der Waals surface area contributed by atoms with Gasteiger partial charge in [-0.2, -0.15) is 0 Å². The van der Waals surface area contributed by atoms with E-state index in [9.17, 15) is 9.59 Å². The van der Waals surface area contributed by atoms with Crippen molar-refractivity contribution in [3.05, 3.63) is 75.1 Å². The molecule has 138 valence electrons. The number of fused-ring (bicyclic) bond motifs is 2. The lowest BCUT2D eigenvalue weighted by atomic mass is 10.0. The molecule has 0 unspecified atom stereocenters. The zero-order valence-corrected chi connectivity index (χ0v) is 15.1. The molecule has 0 saturated heterocycles. The monoisotopic (exact) mass is 364 g/mol. The molecule has 0 fully saturated rings. The third-order valence-corrected chi connectivity index (χ3v) is 4.87. The van der Waals surface area contributed by atoms with Crippen LogP contribution in [0.4, 0.5) is 0 Å². The Bertz CT molecular complexity index is 1060. The normalized spacial score (nSPS) is 12.8. The van der Waals surface area contributed by atoms with E-state index >= 15 is 0 Å². The molecular weight excluding hydrogens is 344 g/mol. The average molecular weight is 364 g/mol. The van der Waals surface area contributed by atoms with Crippen molar-refractivity contribution in [3.8, 4) is 5.75 Å². The summed E-state index contributed by atoms with van der Waals surface area (Å²) in [5.41, 5.74) is 4.21. The van der Waals surface area contributed by atoms with Crippen LogP contribution < -0.4 is 10.4 Å². The number of benzene rings is 2. The Morgan fingerprint density at radius 3 is 2.70 bits per heavy atom. The number of esters is 1. The quantitative estimate of drug-likeness (QED) is 0.510. The number of para-hydroxylation sites is 1. The molecule has 0 N–H and O–H groups in total. The lowest BCUT2D eigenvalue weighted by molar-refractivity contribution is -0.147. The van der Waals surface area contributed by atoms with E-state index in [4.69, 9.17) is 13.9 Å². The van der Waals surface area contributed by atoms with Gasteiger partial charge in [-0.05, 0) is 61.1 Å². The molecule has 1 aliphatic rings. The van der Waals surface area contributed by atoms with Gasteiger partial charge in [-0.3, -0.25) is 0 Å². The zero-order chi connectivity index (χ0) is 18.8. The summed E-state index contributed by atoms with van der Waals surface area (Å²) in [5.74, 6) is 0.164. The van der Waals surface area contributed by atoms with E-state index in [0.717, 1.165) is 30.2 Å². The fraction of sp³-hybridized carbons (Fsp3) is 0.273. The van der Waals surface area contributed by atoms with Crippen LogP contribution in [0.3, 0.4) is 0 Å². The van der Waals surface area contributed by atoms with Gasteiger partial charge >= 0.3 is 11.6 Å². The van der Waals surface area contributed by atoms with Crippen molar-refractivity contribution in [3.63, 3.8) is 0 Å². The number of carbonyl (C=O) groups is 1. The molecule has 0 aliphatic heterocycles. The average Bonchev–Trinajstić information content (AvgIpc) is 3.11. The van der Waals surface area contributed by atoms with Crippen molar-refractivity contribution >= 4 is 16.9 Å². The maximum atomic E-state index is 12.1. The van der Waals surface area contributed by atoms with Gasteiger partial charge in [0, 0.05) is 17.0 Å². The van der Waals surface area contributed by atoms with E-state index in [1.165, 1.54) is 17.2 Å². The first-order valence-electron chi connectivity index (χ1n) is 9.03. The Balaban J connectivity index is 1.48. The van der Waals surface area contributed by atoms with E-state index < -0.39 is 11.6 Å². The molecule has 1 aliphatic carbocycles. The Hall–Kier alpha value is -3.08. The highest BCUT2D eigenvalue weighted by molar-refractivity contribution is 5.82. The van der Waals surface area contributed by atoms with Gasteiger partial charge in [0.15, 0.2) is 6.61 Å². The van der Waals surface area contributed by atoms with Crippen molar-refractivity contribution in [2.24, 2.45) is 0 Å². The fourth-order valence-corrected chi connectivity index (χ4v) is 3.47. The standard InChI is InChI=1S/C22H20O5/c1-14-5-2-3-8-19(14)25-13-22(24)26-12-17-11-21(23)27-20-10-16-7-4-6-15(16)9-18(17)20/h2-3,5,8-11H,4,6-7,12-13H2,1H3. The first kappa shape index (κ1) is 17.3. The second-order valence-electron chi connectivity index (χ2n) is 6.78. The largest absolute Gasteiger partial charge is 0.482 e. The molecule has 27 heavy (non-hydrogen) atoms. The van der Waals surface area contributed by atoms with Crippen LogP contribution in [0.25, 0.3) is 11.0 Å². The molecule has 1 heterocycles. The van der Waals surface area contributed by atoms with Crippen LogP contribution in [0.1, 0.15) is 28.7 Å². The van der Waals surface area contributed by atoms with Crippen LogP contribution in [0, 0.1) is 6.92 Å². The van der Waals surface area contributed by atoms with Gasteiger partial charge in [-0.15, -0.1) is 0 Å². The number of rotatable bonds is 5. The summed E-state index contributed by atoms with van der Waals surface area (Å²) in [6, 6.07) is 12.8. The second kappa shape index (κ2) is 7.27. The molecule has 0 radical (unpaired) electrons. The van der Waals surface area contributed by atoms with E-state index in [2.05, 4.69) is 0 Å². The van der Waals surface area contributed by atoms with Gasteiger partial charge in [-0.1, -0.05) is 18.2 Å². The van der Waals surface area contributed by atoms with Gasteiger partial charge in [0.1, 0.15) is 17.9 Å². The molecule has 0 amide bonds. The zero-order valence-electron chi connectivity index (χ0n) is 15.1. The molecular formula is C22H20O5. The van der Waals surface area contributed by atoms with Crippen molar-refractivity contribution in [1.29, 1.82) is 0 Å². The summed E-state index contributed by atoms with van der Waals surface area (Å²) in [5, 5.41) is 0.822. The predicted octanol–water partition coefficient (Wildman–Crippen LogP) is 3.71. The van der Waals surface area contributed by atoms with E-state index in [1.54, 1.807) is 6.07 Å². The van der Waals surface area contributed by atoms with Crippen LogP contribution in [-0.4, -0.2) is 12.6 Å². The minimum Gasteiger partial charge on any atom is -0.482 e. The van der Waals surface area contributed by atoms with E-state index in [0.29, 0.717) is 16.9 Å².